The molecule has 0 aromatic carbocycles. The van der Waals surface area contributed by atoms with E-state index in [-0.39, 0.29) is 11.9 Å². The Hall–Kier alpha value is -1.73. The monoisotopic (exact) mass is 308 g/mol. The number of aromatic nitrogens is 2. The van der Waals surface area contributed by atoms with Crippen LogP contribution in [-0.4, -0.2) is 40.0 Å². The number of nitrogens with zero attached hydrogens (tertiary/aromatic N) is 3. The van der Waals surface area contributed by atoms with Gasteiger partial charge in [-0.1, -0.05) is 11.8 Å². The van der Waals surface area contributed by atoms with Gasteiger partial charge in [0.05, 0.1) is 5.75 Å². The van der Waals surface area contributed by atoms with E-state index in [0.717, 1.165) is 10.9 Å². The van der Waals surface area contributed by atoms with Crippen LogP contribution in [0.15, 0.2) is 34.1 Å². The lowest BCUT2D eigenvalue weighted by molar-refractivity contribution is 0.0715. The predicted octanol–water partition coefficient (Wildman–Crippen LogP) is 1.72. The molecule has 2 heterocycles. The topological polar surface area (TPSA) is 77.3 Å². The fourth-order valence-corrected chi connectivity index (χ4v) is 2.56. The summed E-state index contributed by atoms with van der Waals surface area (Å²) in [6.07, 6.45) is 3.64. The normalized spacial score (nSPS) is 12.4. The number of hydrogen-bond donors (Lipinski definition) is 1. The lowest BCUT2D eigenvalue weighted by Gasteiger charge is -2.22. The maximum absolute atomic E-state index is 12.2. The molecule has 2 aromatic heterocycles. The molecule has 0 saturated heterocycles. The fraction of sp³-hybridized carbons (Fsp3) is 0.429. The Morgan fingerprint density at radius 1 is 1.57 bits per heavy atom. The zero-order valence-electron chi connectivity index (χ0n) is 12.4. The van der Waals surface area contributed by atoms with Gasteiger partial charge in [-0.3, -0.25) is 4.79 Å². The predicted molar refractivity (Wildman–Crippen MR) is 82.1 cm³/mol. The third-order valence-corrected chi connectivity index (χ3v) is 4.40. The van der Waals surface area contributed by atoms with Gasteiger partial charge < -0.3 is 19.6 Å². The summed E-state index contributed by atoms with van der Waals surface area (Å²) in [5.41, 5.74) is 5.57. The van der Waals surface area contributed by atoms with Gasteiger partial charge in [0.25, 0.3) is 5.91 Å². The maximum atomic E-state index is 12.2. The summed E-state index contributed by atoms with van der Waals surface area (Å²) in [5.74, 6) is 1.57. The van der Waals surface area contributed by atoms with Crippen LogP contribution in [0.25, 0.3) is 0 Å². The summed E-state index contributed by atoms with van der Waals surface area (Å²) in [6.45, 7) is 2.32. The first-order valence-corrected chi connectivity index (χ1v) is 7.67. The molecular weight excluding hydrogens is 288 g/mol. The number of rotatable bonds is 6. The third kappa shape index (κ3) is 3.68. The second-order valence-electron chi connectivity index (χ2n) is 4.88. The standard InChI is InChI=1S/C14H20N4O2S/c1-10(8-15)18(3)13(19)12-5-4-11(20-12)9-21-14-16-6-7-17(14)2/h4-7,10H,8-9,15H2,1-3H3. The van der Waals surface area contributed by atoms with Crippen molar-refractivity contribution in [1.29, 1.82) is 0 Å². The molecule has 1 amide bonds. The minimum Gasteiger partial charge on any atom is -0.455 e. The highest BCUT2D eigenvalue weighted by atomic mass is 32.2. The first kappa shape index (κ1) is 15.7. The molecule has 7 heteroatoms. The summed E-state index contributed by atoms with van der Waals surface area (Å²) < 4.78 is 7.55. The number of carbonyl (C=O) groups is 1. The van der Waals surface area contributed by atoms with E-state index < -0.39 is 0 Å². The quantitative estimate of drug-likeness (QED) is 0.822. The zero-order valence-corrected chi connectivity index (χ0v) is 13.3. The lowest BCUT2D eigenvalue weighted by atomic mass is 10.3. The summed E-state index contributed by atoms with van der Waals surface area (Å²) in [5, 5.41) is 0.910. The van der Waals surface area contributed by atoms with Crippen molar-refractivity contribution < 1.29 is 9.21 Å². The molecule has 114 valence electrons. The van der Waals surface area contributed by atoms with Crippen molar-refractivity contribution in [1.82, 2.24) is 14.5 Å². The van der Waals surface area contributed by atoms with Crippen molar-refractivity contribution in [3.05, 3.63) is 36.0 Å². The molecule has 0 saturated carbocycles. The Kier molecular flexibility index (Phi) is 5.08. The van der Waals surface area contributed by atoms with Crippen molar-refractivity contribution in [3.8, 4) is 0 Å². The van der Waals surface area contributed by atoms with Crippen LogP contribution < -0.4 is 5.73 Å². The smallest absolute Gasteiger partial charge is 0.289 e. The number of furan rings is 1. The molecule has 2 aromatic rings. The molecular formula is C14H20N4O2S. The molecule has 1 atom stereocenters. The van der Waals surface area contributed by atoms with E-state index in [9.17, 15) is 4.79 Å². The average Bonchev–Trinajstić information content (AvgIpc) is 3.11. The van der Waals surface area contributed by atoms with Gasteiger partial charge in [-0.2, -0.15) is 0 Å². The number of likely N-dealkylation sites (N-methyl/N-ethyl adjacent to an activating group) is 1. The molecule has 0 spiro atoms. The van der Waals surface area contributed by atoms with Gasteiger partial charge in [-0.25, -0.2) is 4.98 Å². The van der Waals surface area contributed by atoms with Gasteiger partial charge in [0.1, 0.15) is 5.76 Å². The molecule has 0 aliphatic rings. The van der Waals surface area contributed by atoms with E-state index in [1.54, 1.807) is 36.0 Å². The Morgan fingerprint density at radius 3 is 2.95 bits per heavy atom. The second-order valence-corrected chi connectivity index (χ2v) is 5.82. The molecule has 0 radical (unpaired) electrons. The van der Waals surface area contributed by atoms with Crippen LogP contribution in [0.5, 0.6) is 0 Å². The number of carbonyl (C=O) groups excluding carboxylic acids is 1. The molecule has 0 aliphatic heterocycles. The van der Waals surface area contributed by atoms with E-state index in [4.69, 9.17) is 10.2 Å². The van der Waals surface area contributed by atoms with E-state index in [2.05, 4.69) is 4.98 Å². The summed E-state index contributed by atoms with van der Waals surface area (Å²) in [6, 6.07) is 3.51. The number of hydrogen-bond acceptors (Lipinski definition) is 5. The van der Waals surface area contributed by atoms with Crippen LogP contribution in [0.1, 0.15) is 23.2 Å². The Morgan fingerprint density at radius 2 is 2.33 bits per heavy atom. The maximum Gasteiger partial charge on any atom is 0.289 e. The number of aryl methyl sites for hydroxylation is 1. The van der Waals surface area contributed by atoms with Gasteiger partial charge in [-0.15, -0.1) is 0 Å². The number of amides is 1. The van der Waals surface area contributed by atoms with Crippen LogP contribution in [-0.2, 0) is 12.8 Å². The van der Waals surface area contributed by atoms with Crippen molar-refractivity contribution in [2.75, 3.05) is 13.6 Å². The van der Waals surface area contributed by atoms with Gasteiger partial charge >= 0.3 is 0 Å². The van der Waals surface area contributed by atoms with Crippen LogP contribution in [0.3, 0.4) is 0 Å². The van der Waals surface area contributed by atoms with Crippen LogP contribution in [0.2, 0.25) is 0 Å². The Balaban J connectivity index is 1.98. The highest BCUT2D eigenvalue weighted by Gasteiger charge is 2.19. The zero-order chi connectivity index (χ0) is 15.4. The van der Waals surface area contributed by atoms with Crippen LogP contribution in [0, 0.1) is 0 Å². The first-order valence-electron chi connectivity index (χ1n) is 6.69. The largest absolute Gasteiger partial charge is 0.455 e. The minimum absolute atomic E-state index is 0.0204. The number of thioether (sulfide) groups is 1. The van der Waals surface area contributed by atoms with Crippen LogP contribution >= 0.6 is 11.8 Å². The number of imidazole rings is 1. The highest BCUT2D eigenvalue weighted by molar-refractivity contribution is 7.98. The molecule has 2 rings (SSSR count). The molecule has 0 aliphatic carbocycles. The van der Waals surface area contributed by atoms with Gasteiger partial charge in [-0.05, 0) is 19.1 Å². The average molecular weight is 308 g/mol. The van der Waals surface area contributed by atoms with Crippen molar-refractivity contribution in [3.63, 3.8) is 0 Å². The summed E-state index contributed by atoms with van der Waals surface area (Å²) in [7, 11) is 3.67. The van der Waals surface area contributed by atoms with E-state index in [1.807, 2.05) is 30.8 Å². The Bertz CT molecular complexity index is 608. The van der Waals surface area contributed by atoms with Gasteiger partial charge in [0.15, 0.2) is 10.9 Å². The van der Waals surface area contributed by atoms with E-state index in [1.165, 1.54) is 0 Å². The Labute approximate surface area is 128 Å². The van der Waals surface area contributed by atoms with Gasteiger partial charge in [0, 0.05) is 39.1 Å². The second kappa shape index (κ2) is 6.82. The highest BCUT2D eigenvalue weighted by Crippen LogP contribution is 2.22. The molecule has 1 unspecified atom stereocenters. The fourth-order valence-electron chi connectivity index (χ4n) is 1.73. The molecule has 21 heavy (non-hydrogen) atoms. The van der Waals surface area contributed by atoms with Crippen LogP contribution in [0.4, 0.5) is 0 Å². The first-order chi connectivity index (χ1) is 10.0. The summed E-state index contributed by atoms with van der Waals surface area (Å²) in [4.78, 5) is 18.0. The molecule has 0 bridgehead atoms. The third-order valence-electron chi connectivity index (χ3n) is 3.32. The summed E-state index contributed by atoms with van der Waals surface area (Å²) >= 11 is 1.56. The SMILES string of the molecule is CC(CN)N(C)C(=O)c1ccc(CSc2nccn2C)o1. The van der Waals surface area contributed by atoms with Crippen molar-refractivity contribution >= 4 is 17.7 Å². The van der Waals surface area contributed by atoms with E-state index >= 15 is 0 Å². The minimum atomic E-state index is -0.152. The molecule has 6 nitrogen and oxygen atoms in total. The van der Waals surface area contributed by atoms with E-state index in [0.29, 0.717) is 18.1 Å². The van der Waals surface area contributed by atoms with Gasteiger partial charge in [0.2, 0.25) is 0 Å². The molecule has 0 fully saturated rings. The van der Waals surface area contributed by atoms with Crippen molar-refractivity contribution in [2.45, 2.75) is 23.9 Å². The van der Waals surface area contributed by atoms with Crippen molar-refractivity contribution in [2.24, 2.45) is 12.8 Å². The number of nitrogens with two attached hydrogens (primary N) is 1. The lowest BCUT2D eigenvalue weighted by Crippen LogP contribution is -2.39. The molecule has 2 N–H and O–H groups in total.